The van der Waals surface area contributed by atoms with Crippen molar-refractivity contribution < 1.29 is 4.79 Å². The van der Waals surface area contributed by atoms with Crippen molar-refractivity contribution in [1.82, 2.24) is 14.5 Å². The van der Waals surface area contributed by atoms with Crippen molar-refractivity contribution in [3.05, 3.63) is 65.7 Å². The van der Waals surface area contributed by atoms with Gasteiger partial charge in [0.15, 0.2) is 0 Å². The van der Waals surface area contributed by atoms with Gasteiger partial charge in [0.2, 0.25) is 0 Å². The normalized spacial score (nSPS) is 13.3. The molecule has 0 radical (unpaired) electrons. The molecule has 0 saturated heterocycles. The molecule has 1 aliphatic heterocycles. The minimum Gasteiger partial charge on any atom is -0.334 e. The van der Waals surface area contributed by atoms with Crippen molar-refractivity contribution in [2.75, 3.05) is 5.32 Å². The van der Waals surface area contributed by atoms with Crippen molar-refractivity contribution in [2.45, 2.75) is 32.7 Å². The first kappa shape index (κ1) is 15.6. The van der Waals surface area contributed by atoms with Crippen LogP contribution in [0.2, 0.25) is 0 Å². The average molecular weight is 332 g/mol. The number of aromatic nitrogens is 3. The van der Waals surface area contributed by atoms with Gasteiger partial charge in [0.05, 0.1) is 17.6 Å². The number of rotatable bonds is 3. The summed E-state index contributed by atoms with van der Waals surface area (Å²) in [5.74, 6) is 1.01. The van der Waals surface area contributed by atoms with E-state index in [2.05, 4.69) is 26.0 Å². The number of carbonyl (C=O) groups excluding carboxylic acids is 1. The quantitative estimate of drug-likeness (QED) is 0.793. The molecule has 3 aromatic rings. The number of anilines is 1. The second-order valence-electron chi connectivity index (χ2n) is 6.45. The van der Waals surface area contributed by atoms with Crippen molar-refractivity contribution in [2.24, 2.45) is 0 Å². The Bertz CT molecular complexity index is 888. The van der Waals surface area contributed by atoms with Gasteiger partial charge < -0.3 is 9.88 Å². The molecule has 5 heteroatoms. The summed E-state index contributed by atoms with van der Waals surface area (Å²) in [5, 5.41) is 2.89. The van der Waals surface area contributed by atoms with Crippen LogP contribution in [0.5, 0.6) is 0 Å². The molecule has 0 bridgehead atoms. The van der Waals surface area contributed by atoms with E-state index < -0.39 is 0 Å². The van der Waals surface area contributed by atoms with E-state index in [9.17, 15) is 4.79 Å². The molecule has 5 nitrogen and oxygen atoms in total. The van der Waals surface area contributed by atoms with Gasteiger partial charge in [0.1, 0.15) is 11.5 Å². The van der Waals surface area contributed by atoms with Crippen molar-refractivity contribution in [1.29, 1.82) is 0 Å². The third-order valence-corrected chi connectivity index (χ3v) is 4.47. The lowest BCUT2D eigenvalue weighted by Crippen LogP contribution is -2.12. The molecule has 126 valence electrons. The number of amides is 1. The van der Waals surface area contributed by atoms with E-state index in [1.54, 1.807) is 12.3 Å². The van der Waals surface area contributed by atoms with E-state index in [1.165, 1.54) is 12.8 Å². The van der Waals surface area contributed by atoms with Gasteiger partial charge in [-0.15, -0.1) is 0 Å². The molecule has 3 heterocycles. The maximum atomic E-state index is 12.3. The molecular formula is C20H20N4O. The summed E-state index contributed by atoms with van der Waals surface area (Å²) in [7, 11) is 0. The van der Waals surface area contributed by atoms with Gasteiger partial charge in [-0.1, -0.05) is 17.7 Å². The van der Waals surface area contributed by atoms with Crippen LogP contribution in [0.4, 0.5) is 5.69 Å². The second-order valence-corrected chi connectivity index (χ2v) is 6.45. The van der Waals surface area contributed by atoms with Gasteiger partial charge in [0, 0.05) is 24.7 Å². The Morgan fingerprint density at radius 3 is 2.84 bits per heavy atom. The van der Waals surface area contributed by atoms with Gasteiger partial charge >= 0.3 is 0 Å². The molecule has 1 amide bonds. The number of nitrogens with one attached hydrogen (secondary N) is 1. The van der Waals surface area contributed by atoms with Crippen LogP contribution in [0.3, 0.4) is 0 Å². The highest BCUT2D eigenvalue weighted by Gasteiger charge is 2.14. The highest BCUT2D eigenvalue weighted by Crippen LogP contribution is 2.22. The molecule has 1 aromatic carbocycles. The van der Waals surface area contributed by atoms with Crippen molar-refractivity contribution in [3.63, 3.8) is 0 Å². The Balaban J connectivity index is 1.50. The number of aryl methyl sites for hydroxylation is 3. The van der Waals surface area contributed by atoms with Gasteiger partial charge in [-0.3, -0.25) is 9.78 Å². The summed E-state index contributed by atoms with van der Waals surface area (Å²) < 4.78 is 2.22. The molecule has 0 fully saturated rings. The molecule has 0 spiro atoms. The molecule has 0 saturated carbocycles. The van der Waals surface area contributed by atoms with Crippen LogP contribution >= 0.6 is 0 Å². The van der Waals surface area contributed by atoms with Crippen molar-refractivity contribution in [3.8, 4) is 11.4 Å². The van der Waals surface area contributed by atoms with Gasteiger partial charge in [-0.2, -0.15) is 0 Å². The fourth-order valence-corrected chi connectivity index (χ4v) is 3.14. The van der Waals surface area contributed by atoms with E-state index in [-0.39, 0.29) is 5.91 Å². The number of hydrogen-bond donors (Lipinski definition) is 1. The van der Waals surface area contributed by atoms with Crippen molar-refractivity contribution >= 4 is 11.6 Å². The molecular weight excluding hydrogens is 312 g/mol. The number of carbonyl (C=O) groups is 1. The lowest BCUT2D eigenvalue weighted by molar-refractivity contribution is 0.102. The highest BCUT2D eigenvalue weighted by atomic mass is 16.1. The zero-order chi connectivity index (χ0) is 17.2. The fourth-order valence-electron chi connectivity index (χ4n) is 3.14. The number of imidazole rings is 1. The van der Waals surface area contributed by atoms with E-state index in [1.807, 2.05) is 37.3 Å². The topological polar surface area (TPSA) is 59.8 Å². The van der Waals surface area contributed by atoms with Gasteiger partial charge in [-0.05, 0) is 44.0 Å². The lowest BCUT2D eigenvalue weighted by atomic mass is 10.1. The fraction of sp³-hybridized carbons (Fsp3) is 0.250. The summed E-state index contributed by atoms with van der Waals surface area (Å²) in [4.78, 5) is 21.4. The van der Waals surface area contributed by atoms with E-state index in [4.69, 9.17) is 0 Å². The maximum absolute atomic E-state index is 12.3. The Morgan fingerprint density at radius 2 is 2.08 bits per heavy atom. The SMILES string of the molecule is Cc1cccc(C(=O)Nc2ccc(-c3cn4c(n3)CCCC4)nc2)c1. The maximum Gasteiger partial charge on any atom is 0.255 e. The van der Waals surface area contributed by atoms with Crippen LogP contribution in [0.15, 0.2) is 48.8 Å². The molecule has 25 heavy (non-hydrogen) atoms. The Labute approximate surface area is 146 Å². The lowest BCUT2D eigenvalue weighted by Gasteiger charge is -2.11. The van der Waals surface area contributed by atoms with Gasteiger partial charge in [-0.25, -0.2) is 4.98 Å². The molecule has 1 aliphatic rings. The first-order chi connectivity index (χ1) is 12.2. The van der Waals surface area contributed by atoms with E-state index >= 15 is 0 Å². The zero-order valence-corrected chi connectivity index (χ0v) is 14.2. The third-order valence-electron chi connectivity index (χ3n) is 4.47. The second kappa shape index (κ2) is 6.51. The molecule has 0 aliphatic carbocycles. The predicted octanol–water partition coefficient (Wildman–Crippen LogP) is 3.84. The zero-order valence-electron chi connectivity index (χ0n) is 14.2. The number of benzene rings is 1. The Kier molecular flexibility index (Phi) is 4.06. The average Bonchev–Trinajstić information content (AvgIpc) is 3.06. The van der Waals surface area contributed by atoms with Crippen LogP contribution in [0.25, 0.3) is 11.4 Å². The summed E-state index contributed by atoms with van der Waals surface area (Å²) >= 11 is 0. The Hall–Kier alpha value is -2.95. The molecule has 0 unspecified atom stereocenters. The van der Waals surface area contributed by atoms with Gasteiger partial charge in [0.25, 0.3) is 5.91 Å². The molecule has 4 rings (SSSR count). The standard InChI is InChI=1S/C20H20N4O/c1-14-5-4-6-15(11-14)20(25)22-16-8-9-17(21-12-16)18-13-24-10-3-2-7-19(24)23-18/h4-6,8-9,11-13H,2-3,7,10H2,1H3,(H,22,25). The first-order valence-electron chi connectivity index (χ1n) is 8.59. The predicted molar refractivity (Wildman–Crippen MR) is 97.5 cm³/mol. The molecule has 2 aromatic heterocycles. The highest BCUT2D eigenvalue weighted by molar-refractivity contribution is 6.04. The summed E-state index contributed by atoms with van der Waals surface area (Å²) in [6, 6.07) is 11.3. The van der Waals surface area contributed by atoms with Crippen LogP contribution in [-0.4, -0.2) is 20.4 Å². The number of pyridine rings is 1. The van der Waals surface area contributed by atoms with E-state index in [0.717, 1.165) is 35.7 Å². The van der Waals surface area contributed by atoms with Crippen LogP contribution in [-0.2, 0) is 13.0 Å². The van der Waals surface area contributed by atoms with Crippen LogP contribution in [0, 0.1) is 6.92 Å². The largest absolute Gasteiger partial charge is 0.334 e. The van der Waals surface area contributed by atoms with Crippen LogP contribution in [0.1, 0.15) is 34.6 Å². The molecule has 0 atom stereocenters. The van der Waals surface area contributed by atoms with E-state index in [0.29, 0.717) is 11.3 Å². The Morgan fingerprint density at radius 1 is 1.16 bits per heavy atom. The smallest absolute Gasteiger partial charge is 0.255 e. The number of nitrogens with zero attached hydrogens (tertiary/aromatic N) is 3. The monoisotopic (exact) mass is 332 g/mol. The minimum absolute atomic E-state index is 0.129. The minimum atomic E-state index is -0.129. The molecule has 1 N–H and O–H groups in total. The van der Waals surface area contributed by atoms with Crippen LogP contribution < -0.4 is 5.32 Å². The summed E-state index contributed by atoms with van der Waals surface area (Å²) in [6.07, 6.45) is 7.20. The third kappa shape index (κ3) is 3.31. The number of hydrogen-bond acceptors (Lipinski definition) is 3. The first-order valence-corrected chi connectivity index (χ1v) is 8.59. The summed E-state index contributed by atoms with van der Waals surface area (Å²) in [5.41, 5.74) is 4.11. The summed E-state index contributed by atoms with van der Waals surface area (Å²) in [6.45, 7) is 3.00. The number of fused-ring (bicyclic) bond motifs is 1.